The minimum atomic E-state index is -2.85. The Morgan fingerprint density at radius 3 is 2.79 bits per heavy atom. The lowest BCUT2D eigenvalue weighted by atomic mass is 10.1. The van der Waals surface area contributed by atoms with E-state index < -0.39 is 9.84 Å². The number of sulfone groups is 1. The van der Waals surface area contributed by atoms with Crippen LogP contribution in [0.3, 0.4) is 0 Å². The van der Waals surface area contributed by atoms with Crippen molar-refractivity contribution >= 4 is 45.5 Å². The van der Waals surface area contributed by atoms with Crippen molar-refractivity contribution in [1.82, 2.24) is 10.6 Å². The molecule has 0 bridgehead atoms. The molecular formula is C19H31IN4O3S. The highest BCUT2D eigenvalue weighted by molar-refractivity contribution is 14.0. The van der Waals surface area contributed by atoms with Crippen molar-refractivity contribution in [3.05, 3.63) is 24.3 Å². The van der Waals surface area contributed by atoms with Gasteiger partial charge in [-0.1, -0.05) is 12.1 Å². The number of anilines is 1. The Hall–Kier alpha value is -1.23. The highest BCUT2D eigenvalue weighted by Gasteiger charge is 2.28. The second-order valence-corrected chi connectivity index (χ2v) is 9.47. The number of hydrogen-bond acceptors (Lipinski definition) is 5. The number of nitrogens with one attached hydrogen (secondary N) is 2. The molecule has 3 rings (SSSR count). The van der Waals surface area contributed by atoms with E-state index in [9.17, 15) is 8.42 Å². The van der Waals surface area contributed by atoms with Crippen LogP contribution in [0.15, 0.2) is 29.3 Å². The lowest BCUT2D eigenvalue weighted by Crippen LogP contribution is -2.45. The zero-order chi connectivity index (χ0) is 19.3. The molecule has 2 atom stereocenters. The molecule has 28 heavy (non-hydrogen) atoms. The van der Waals surface area contributed by atoms with Gasteiger partial charge in [-0.25, -0.2) is 8.42 Å². The van der Waals surface area contributed by atoms with Crippen LogP contribution >= 0.6 is 24.0 Å². The van der Waals surface area contributed by atoms with Crippen LogP contribution < -0.4 is 20.3 Å². The third-order valence-corrected chi connectivity index (χ3v) is 6.97. The maximum atomic E-state index is 11.6. The average Bonchev–Trinajstić information content (AvgIpc) is 3.26. The lowest BCUT2D eigenvalue weighted by Gasteiger charge is -2.22. The number of rotatable bonds is 6. The number of methoxy groups -OCH3 is 1. The summed E-state index contributed by atoms with van der Waals surface area (Å²) in [5.74, 6) is 2.36. The summed E-state index contributed by atoms with van der Waals surface area (Å²) < 4.78 is 28.7. The topological polar surface area (TPSA) is 83.0 Å². The van der Waals surface area contributed by atoms with Gasteiger partial charge >= 0.3 is 0 Å². The summed E-state index contributed by atoms with van der Waals surface area (Å²) in [4.78, 5) is 6.97. The van der Waals surface area contributed by atoms with Gasteiger partial charge in [-0.15, -0.1) is 24.0 Å². The summed E-state index contributed by atoms with van der Waals surface area (Å²) in [6, 6.07) is 8.37. The molecule has 1 aromatic rings. The highest BCUT2D eigenvalue weighted by Crippen LogP contribution is 2.30. The summed E-state index contributed by atoms with van der Waals surface area (Å²) in [7, 11) is -1.15. The molecule has 2 unspecified atom stereocenters. The zero-order valence-electron chi connectivity index (χ0n) is 16.6. The molecule has 0 spiro atoms. The quantitative estimate of drug-likeness (QED) is 0.338. The molecule has 7 nitrogen and oxygen atoms in total. The van der Waals surface area contributed by atoms with E-state index in [2.05, 4.69) is 26.6 Å². The molecule has 2 N–H and O–H groups in total. The van der Waals surface area contributed by atoms with Crippen molar-refractivity contribution in [3.8, 4) is 5.75 Å². The van der Waals surface area contributed by atoms with E-state index in [0.717, 1.165) is 49.9 Å². The molecule has 0 amide bonds. The molecule has 2 aliphatic heterocycles. The first-order valence-electron chi connectivity index (χ1n) is 9.64. The molecular weight excluding hydrogens is 491 g/mol. The van der Waals surface area contributed by atoms with Crippen molar-refractivity contribution in [2.24, 2.45) is 10.9 Å². The second kappa shape index (κ2) is 10.5. The van der Waals surface area contributed by atoms with Crippen LogP contribution in [0.25, 0.3) is 0 Å². The van der Waals surface area contributed by atoms with Gasteiger partial charge in [-0.2, -0.15) is 0 Å². The molecule has 2 fully saturated rings. The minimum Gasteiger partial charge on any atom is -0.495 e. The SMILES string of the molecule is CCNC(=NCC1CCS(=O)(=O)C1)NC1CCN(c2ccccc2OC)C1.I. The average molecular weight is 522 g/mol. The van der Waals surface area contributed by atoms with Crippen LogP contribution in [0.5, 0.6) is 5.75 Å². The van der Waals surface area contributed by atoms with Crippen LogP contribution in [0.1, 0.15) is 19.8 Å². The van der Waals surface area contributed by atoms with Gasteiger partial charge in [0.2, 0.25) is 0 Å². The van der Waals surface area contributed by atoms with Gasteiger partial charge in [0.25, 0.3) is 0 Å². The van der Waals surface area contributed by atoms with Gasteiger partial charge in [0.15, 0.2) is 15.8 Å². The molecule has 2 saturated heterocycles. The summed E-state index contributed by atoms with van der Waals surface area (Å²) in [6.07, 6.45) is 1.73. The maximum absolute atomic E-state index is 11.6. The van der Waals surface area contributed by atoms with Crippen molar-refractivity contribution in [3.63, 3.8) is 0 Å². The van der Waals surface area contributed by atoms with E-state index in [0.29, 0.717) is 18.3 Å². The minimum absolute atomic E-state index is 0. The number of hydrogen-bond donors (Lipinski definition) is 2. The largest absolute Gasteiger partial charge is 0.495 e. The second-order valence-electron chi connectivity index (χ2n) is 7.24. The monoisotopic (exact) mass is 522 g/mol. The first-order chi connectivity index (χ1) is 13.0. The Bertz CT molecular complexity index is 772. The summed E-state index contributed by atoms with van der Waals surface area (Å²) in [5, 5.41) is 6.78. The molecule has 2 aliphatic rings. The standard InChI is InChI=1S/C19H30N4O3S.HI/c1-3-20-19(21-12-15-9-11-27(24,25)14-15)22-16-8-10-23(13-16)17-6-4-5-7-18(17)26-2;/h4-7,15-16H,3,8-14H2,1-2H3,(H2,20,21,22);1H. The highest BCUT2D eigenvalue weighted by atomic mass is 127. The van der Waals surface area contributed by atoms with Gasteiger partial charge in [0.05, 0.1) is 24.3 Å². The van der Waals surface area contributed by atoms with Crippen LogP contribution in [0, 0.1) is 5.92 Å². The molecule has 0 radical (unpaired) electrons. The maximum Gasteiger partial charge on any atom is 0.191 e. The van der Waals surface area contributed by atoms with Gasteiger partial charge in [0.1, 0.15) is 5.75 Å². The van der Waals surface area contributed by atoms with Crippen molar-refractivity contribution in [1.29, 1.82) is 0 Å². The van der Waals surface area contributed by atoms with Gasteiger partial charge in [-0.3, -0.25) is 4.99 Å². The molecule has 0 aliphatic carbocycles. The van der Waals surface area contributed by atoms with Crippen LogP contribution in [0.2, 0.25) is 0 Å². The predicted molar refractivity (Wildman–Crippen MR) is 125 cm³/mol. The third kappa shape index (κ3) is 6.13. The third-order valence-electron chi connectivity index (χ3n) is 5.13. The Morgan fingerprint density at radius 1 is 1.32 bits per heavy atom. The van der Waals surface area contributed by atoms with E-state index in [-0.39, 0.29) is 35.6 Å². The molecule has 158 valence electrons. The van der Waals surface area contributed by atoms with Crippen molar-refractivity contribution in [2.45, 2.75) is 25.8 Å². The number of para-hydroxylation sites is 2. The Kier molecular flexibility index (Phi) is 8.66. The first kappa shape index (κ1) is 23.1. The van der Waals surface area contributed by atoms with Crippen molar-refractivity contribution in [2.75, 3.05) is 49.7 Å². The van der Waals surface area contributed by atoms with E-state index in [1.54, 1.807) is 7.11 Å². The molecule has 9 heteroatoms. The molecule has 2 heterocycles. The number of halogens is 1. The van der Waals surface area contributed by atoms with Gasteiger partial charge in [-0.05, 0) is 37.8 Å². The predicted octanol–water partition coefficient (Wildman–Crippen LogP) is 1.88. The lowest BCUT2D eigenvalue weighted by molar-refractivity contribution is 0.415. The summed E-state index contributed by atoms with van der Waals surface area (Å²) in [5.41, 5.74) is 1.11. The number of nitrogens with zero attached hydrogens (tertiary/aromatic N) is 2. The Labute approximate surface area is 185 Å². The number of aliphatic imine (C=N–C) groups is 1. The van der Waals surface area contributed by atoms with Crippen LogP contribution in [-0.4, -0.2) is 65.2 Å². The molecule has 0 aromatic heterocycles. The van der Waals surface area contributed by atoms with Crippen LogP contribution in [0.4, 0.5) is 5.69 Å². The number of benzene rings is 1. The van der Waals surface area contributed by atoms with E-state index in [4.69, 9.17) is 4.74 Å². The van der Waals surface area contributed by atoms with E-state index in [1.165, 1.54) is 0 Å². The number of guanidine groups is 1. The molecule has 1 aromatic carbocycles. The zero-order valence-corrected chi connectivity index (χ0v) is 19.7. The van der Waals surface area contributed by atoms with Gasteiger partial charge in [0, 0.05) is 32.2 Å². The number of ether oxygens (including phenoxy) is 1. The fourth-order valence-electron chi connectivity index (χ4n) is 3.74. The van der Waals surface area contributed by atoms with Crippen molar-refractivity contribution < 1.29 is 13.2 Å². The Morgan fingerprint density at radius 2 is 2.11 bits per heavy atom. The summed E-state index contributed by atoms with van der Waals surface area (Å²) in [6.45, 7) is 5.20. The smallest absolute Gasteiger partial charge is 0.191 e. The fourth-order valence-corrected chi connectivity index (χ4v) is 5.59. The fraction of sp³-hybridized carbons (Fsp3) is 0.632. The normalized spacial score (nSPS) is 23.9. The van der Waals surface area contributed by atoms with E-state index >= 15 is 0 Å². The first-order valence-corrected chi connectivity index (χ1v) is 11.5. The Balaban J connectivity index is 0.00000280. The van der Waals surface area contributed by atoms with E-state index in [1.807, 2.05) is 25.1 Å². The van der Waals surface area contributed by atoms with Gasteiger partial charge < -0.3 is 20.3 Å². The van der Waals surface area contributed by atoms with Crippen LogP contribution in [-0.2, 0) is 9.84 Å². The summed E-state index contributed by atoms with van der Waals surface area (Å²) >= 11 is 0. The molecule has 0 saturated carbocycles.